The minimum Gasteiger partial charge on any atom is -0.492 e. The summed E-state index contributed by atoms with van der Waals surface area (Å²) >= 11 is 0. The third kappa shape index (κ3) is 8.22. The molecule has 1 rings (SSSR count). The van der Waals surface area contributed by atoms with E-state index < -0.39 is 0 Å². The van der Waals surface area contributed by atoms with Crippen molar-refractivity contribution in [2.45, 2.75) is 20.4 Å². The summed E-state index contributed by atoms with van der Waals surface area (Å²) in [6.07, 6.45) is 0. The molecule has 0 aliphatic rings. The van der Waals surface area contributed by atoms with Crippen LogP contribution < -0.4 is 15.4 Å². The minimum absolute atomic E-state index is 0. The van der Waals surface area contributed by atoms with Gasteiger partial charge >= 0.3 is 0 Å². The van der Waals surface area contributed by atoms with Gasteiger partial charge in [-0.05, 0) is 37.8 Å². The van der Waals surface area contributed by atoms with Crippen LogP contribution in [0.15, 0.2) is 24.3 Å². The van der Waals surface area contributed by atoms with Crippen molar-refractivity contribution >= 4 is 18.3 Å². The Bertz CT molecular complexity index is 408. The van der Waals surface area contributed by atoms with Gasteiger partial charge in [-0.1, -0.05) is 26.0 Å². The number of hydrogen-bond donors (Lipinski definition) is 2. The highest BCUT2D eigenvalue weighted by atomic mass is 35.5. The molecule has 0 aromatic heterocycles. The number of likely N-dealkylation sites (N-methyl/N-ethyl adjacent to an activating group) is 2. The highest BCUT2D eigenvalue weighted by molar-refractivity contribution is 5.85. The van der Waals surface area contributed by atoms with Crippen molar-refractivity contribution in [3.05, 3.63) is 29.8 Å². The maximum Gasteiger partial charge on any atom is 0.234 e. The number of nitrogens with zero attached hydrogens (tertiary/aromatic N) is 1. The molecule has 0 aliphatic heterocycles. The Morgan fingerprint density at radius 2 is 1.82 bits per heavy atom. The van der Waals surface area contributed by atoms with Gasteiger partial charge in [-0.15, -0.1) is 12.4 Å². The molecular formula is C16H28ClN3O2. The standard InChI is InChI=1S/C16H27N3O2.ClH/c1-4-19(5-2)10-11-21-15-8-6-14(7-9-15)12-18-16(20)13-17-3;/h6-9,17H,4-5,10-13H2,1-3H3,(H,18,20);1H. The summed E-state index contributed by atoms with van der Waals surface area (Å²) in [4.78, 5) is 13.7. The van der Waals surface area contributed by atoms with E-state index in [1.54, 1.807) is 7.05 Å². The number of carbonyl (C=O) groups excluding carboxylic acids is 1. The molecule has 1 amide bonds. The fourth-order valence-electron chi connectivity index (χ4n) is 1.96. The predicted octanol–water partition coefficient (Wildman–Crippen LogP) is 1.66. The van der Waals surface area contributed by atoms with Gasteiger partial charge in [0.1, 0.15) is 12.4 Å². The number of carbonyl (C=O) groups is 1. The van der Waals surface area contributed by atoms with Crippen LogP contribution in [0, 0.1) is 0 Å². The van der Waals surface area contributed by atoms with Crippen LogP contribution in [-0.4, -0.2) is 50.6 Å². The van der Waals surface area contributed by atoms with Crippen molar-refractivity contribution in [3.8, 4) is 5.75 Å². The summed E-state index contributed by atoms with van der Waals surface area (Å²) in [5, 5.41) is 5.66. The molecule has 0 saturated heterocycles. The Morgan fingerprint density at radius 3 is 2.36 bits per heavy atom. The van der Waals surface area contributed by atoms with E-state index in [9.17, 15) is 4.79 Å². The summed E-state index contributed by atoms with van der Waals surface area (Å²) in [5.74, 6) is 0.865. The van der Waals surface area contributed by atoms with Gasteiger partial charge in [0.05, 0.1) is 6.54 Å². The van der Waals surface area contributed by atoms with Crippen molar-refractivity contribution in [3.63, 3.8) is 0 Å². The lowest BCUT2D eigenvalue weighted by Crippen LogP contribution is -2.31. The molecule has 0 spiro atoms. The van der Waals surface area contributed by atoms with Gasteiger partial charge in [-0.2, -0.15) is 0 Å². The molecule has 6 heteroatoms. The normalized spacial score (nSPS) is 10.2. The zero-order valence-corrected chi connectivity index (χ0v) is 14.5. The van der Waals surface area contributed by atoms with Crippen molar-refractivity contribution < 1.29 is 9.53 Å². The molecule has 0 radical (unpaired) electrons. The van der Waals surface area contributed by atoms with Crippen molar-refractivity contribution in [1.29, 1.82) is 0 Å². The molecular weight excluding hydrogens is 302 g/mol. The second-order valence-corrected chi connectivity index (χ2v) is 4.83. The molecule has 1 aromatic carbocycles. The number of nitrogens with one attached hydrogen (secondary N) is 2. The average Bonchev–Trinajstić information content (AvgIpc) is 2.51. The van der Waals surface area contributed by atoms with Gasteiger partial charge in [0.25, 0.3) is 0 Å². The molecule has 0 unspecified atom stereocenters. The van der Waals surface area contributed by atoms with Crippen LogP contribution in [0.5, 0.6) is 5.75 Å². The van der Waals surface area contributed by atoms with E-state index in [1.165, 1.54) is 0 Å². The molecule has 5 nitrogen and oxygen atoms in total. The molecule has 0 fully saturated rings. The Hall–Kier alpha value is -1.30. The summed E-state index contributed by atoms with van der Waals surface area (Å²) in [7, 11) is 1.75. The van der Waals surface area contributed by atoms with Gasteiger partial charge in [0.15, 0.2) is 0 Å². The van der Waals surface area contributed by atoms with Gasteiger partial charge in [0, 0.05) is 13.1 Å². The molecule has 0 heterocycles. The summed E-state index contributed by atoms with van der Waals surface area (Å²) in [6, 6.07) is 7.85. The molecule has 0 saturated carbocycles. The lowest BCUT2D eigenvalue weighted by Gasteiger charge is -2.18. The first-order valence-corrected chi connectivity index (χ1v) is 7.55. The first kappa shape index (κ1) is 20.7. The van der Waals surface area contributed by atoms with Gasteiger partial charge in [-0.3, -0.25) is 4.79 Å². The van der Waals surface area contributed by atoms with Crippen LogP contribution >= 0.6 is 12.4 Å². The molecule has 126 valence electrons. The van der Waals surface area contributed by atoms with Crippen LogP contribution in [0.4, 0.5) is 0 Å². The van der Waals surface area contributed by atoms with Gasteiger partial charge < -0.3 is 20.3 Å². The van der Waals surface area contributed by atoms with E-state index in [4.69, 9.17) is 4.74 Å². The second-order valence-electron chi connectivity index (χ2n) is 4.83. The number of amides is 1. The van der Waals surface area contributed by atoms with E-state index in [0.29, 0.717) is 19.7 Å². The zero-order valence-electron chi connectivity index (χ0n) is 13.7. The number of rotatable bonds is 10. The van der Waals surface area contributed by atoms with E-state index in [1.807, 2.05) is 24.3 Å². The smallest absolute Gasteiger partial charge is 0.234 e. The Balaban J connectivity index is 0.00000441. The zero-order chi connectivity index (χ0) is 15.5. The van der Waals surface area contributed by atoms with E-state index in [-0.39, 0.29) is 18.3 Å². The number of halogens is 1. The number of benzene rings is 1. The Morgan fingerprint density at radius 1 is 1.18 bits per heavy atom. The molecule has 0 bridgehead atoms. The van der Waals surface area contributed by atoms with Crippen molar-refractivity contribution in [2.24, 2.45) is 0 Å². The number of ether oxygens (including phenoxy) is 1. The topological polar surface area (TPSA) is 53.6 Å². The minimum atomic E-state index is -0.00273. The summed E-state index contributed by atoms with van der Waals surface area (Å²) in [6.45, 7) is 8.92. The fraction of sp³-hybridized carbons (Fsp3) is 0.562. The maximum absolute atomic E-state index is 11.3. The average molecular weight is 330 g/mol. The van der Waals surface area contributed by atoms with E-state index in [2.05, 4.69) is 29.4 Å². The fourth-order valence-corrected chi connectivity index (χ4v) is 1.96. The monoisotopic (exact) mass is 329 g/mol. The molecule has 0 aliphatic carbocycles. The first-order valence-electron chi connectivity index (χ1n) is 7.55. The Kier molecular flexibility index (Phi) is 11.5. The highest BCUT2D eigenvalue weighted by Crippen LogP contribution is 2.12. The van der Waals surface area contributed by atoms with Crippen molar-refractivity contribution in [2.75, 3.05) is 39.8 Å². The van der Waals surface area contributed by atoms with Crippen LogP contribution in [0.3, 0.4) is 0 Å². The molecule has 2 N–H and O–H groups in total. The second kappa shape index (κ2) is 12.3. The lowest BCUT2D eigenvalue weighted by molar-refractivity contribution is -0.120. The summed E-state index contributed by atoms with van der Waals surface area (Å²) in [5.41, 5.74) is 1.07. The van der Waals surface area contributed by atoms with Crippen LogP contribution in [0.2, 0.25) is 0 Å². The molecule has 1 aromatic rings. The van der Waals surface area contributed by atoms with Crippen LogP contribution in [0.25, 0.3) is 0 Å². The van der Waals surface area contributed by atoms with Crippen LogP contribution in [0.1, 0.15) is 19.4 Å². The van der Waals surface area contributed by atoms with Crippen LogP contribution in [-0.2, 0) is 11.3 Å². The Labute approximate surface area is 139 Å². The van der Waals surface area contributed by atoms with E-state index >= 15 is 0 Å². The number of hydrogen-bond acceptors (Lipinski definition) is 4. The highest BCUT2D eigenvalue weighted by Gasteiger charge is 2.01. The van der Waals surface area contributed by atoms with Gasteiger partial charge in [0.2, 0.25) is 5.91 Å². The largest absolute Gasteiger partial charge is 0.492 e. The quantitative estimate of drug-likeness (QED) is 0.685. The molecule has 0 atom stereocenters. The third-order valence-corrected chi connectivity index (χ3v) is 3.32. The SMILES string of the molecule is CCN(CC)CCOc1ccc(CNC(=O)CNC)cc1.Cl. The lowest BCUT2D eigenvalue weighted by atomic mass is 10.2. The molecule has 22 heavy (non-hydrogen) atoms. The first-order chi connectivity index (χ1) is 10.2. The summed E-state index contributed by atoms with van der Waals surface area (Å²) < 4.78 is 5.72. The third-order valence-electron chi connectivity index (χ3n) is 3.32. The van der Waals surface area contributed by atoms with Gasteiger partial charge in [-0.25, -0.2) is 0 Å². The van der Waals surface area contributed by atoms with Crippen molar-refractivity contribution in [1.82, 2.24) is 15.5 Å². The maximum atomic E-state index is 11.3. The van der Waals surface area contributed by atoms with E-state index in [0.717, 1.165) is 30.9 Å². The predicted molar refractivity (Wildman–Crippen MR) is 92.7 cm³/mol.